The molecule has 1 fully saturated rings. The van der Waals surface area contributed by atoms with Crippen LogP contribution in [0.4, 0.5) is 4.39 Å². The van der Waals surface area contributed by atoms with E-state index in [4.69, 9.17) is 4.74 Å². The fourth-order valence-corrected chi connectivity index (χ4v) is 3.81. The quantitative estimate of drug-likeness (QED) is 0.842. The number of fused-ring (bicyclic) bond motifs is 1. The maximum Gasteiger partial charge on any atom is 0.274 e. The van der Waals surface area contributed by atoms with Gasteiger partial charge in [0.05, 0.1) is 13.2 Å². The number of rotatable bonds is 2. The van der Waals surface area contributed by atoms with Crippen LogP contribution >= 0.6 is 0 Å². The number of hydrogen-bond acceptors (Lipinski definition) is 3. The van der Waals surface area contributed by atoms with E-state index in [1.165, 1.54) is 17.8 Å². The first kappa shape index (κ1) is 16.3. The summed E-state index contributed by atoms with van der Waals surface area (Å²) >= 11 is 0. The first-order valence-corrected chi connectivity index (χ1v) is 8.84. The highest BCUT2D eigenvalue weighted by molar-refractivity contribution is 5.94. The monoisotopic (exact) mass is 343 g/mol. The molecule has 6 heteroatoms. The standard InChI is InChI=1S/C19H22FN3O2/c1-22-16-5-3-2-4-15(16)18(21-22)19(24)23-10-11-25-17(12-23)13-6-8-14(20)9-7-13/h6-9,17H,2-5,10-12H2,1H3/t17-/m1/s1. The van der Waals surface area contributed by atoms with Crippen LogP contribution < -0.4 is 0 Å². The molecule has 2 heterocycles. The van der Waals surface area contributed by atoms with Gasteiger partial charge in [0.2, 0.25) is 0 Å². The van der Waals surface area contributed by atoms with Gasteiger partial charge >= 0.3 is 0 Å². The summed E-state index contributed by atoms with van der Waals surface area (Å²) in [5.41, 5.74) is 3.79. The van der Waals surface area contributed by atoms with Crippen molar-refractivity contribution >= 4 is 5.91 Å². The molecule has 1 aromatic heterocycles. The summed E-state index contributed by atoms with van der Waals surface area (Å²) in [4.78, 5) is 14.9. The minimum Gasteiger partial charge on any atom is -0.370 e. The fraction of sp³-hybridized carbons (Fsp3) is 0.474. The van der Waals surface area contributed by atoms with Crippen molar-refractivity contribution in [2.24, 2.45) is 7.05 Å². The Morgan fingerprint density at radius 3 is 2.80 bits per heavy atom. The minimum absolute atomic E-state index is 0.0193. The van der Waals surface area contributed by atoms with Gasteiger partial charge in [-0.3, -0.25) is 9.48 Å². The molecule has 0 saturated carbocycles. The molecule has 0 unspecified atom stereocenters. The summed E-state index contributed by atoms with van der Waals surface area (Å²) in [5.74, 6) is -0.290. The Kier molecular flexibility index (Phi) is 4.29. The van der Waals surface area contributed by atoms with Gasteiger partial charge in [-0.1, -0.05) is 12.1 Å². The van der Waals surface area contributed by atoms with Crippen LogP contribution in [0, 0.1) is 5.82 Å². The number of hydrogen-bond donors (Lipinski definition) is 0. The SMILES string of the molecule is Cn1nc(C(=O)N2CCO[C@@H](c3ccc(F)cc3)C2)c2c1CCCC2. The predicted octanol–water partition coefficient (Wildman–Crippen LogP) is 2.65. The number of benzene rings is 1. The van der Waals surface area contributed by atoms with E-state index >= 15 is 0 Å². The zero-order valence-corrected chi connectivity index (χ0v) is 14.4. The van der Waals surface area contributed by atoms with Gasteiger partial charge in [-0.15, -0.1) is 0 Å². The first-order chi connectivity index (χ1) is 12.1. The number of carbonyl (C=O) groups is 1. The highest BCUT2D eigenvalue weighted by atomic mass is 19.1. The Hall–Kier alpha value is -2.21. The van der Waals surface area contributed by atoms with Gasteiger partial charge in [-0.05, 0) is 43.4 Å². The lowest BCUT2D eigenvalue weighted by molar-refractivity contribution is -0.0231. The minimum atomic E-state index is -0.271. The summed E-state index contributed by atoms with van der Waals surface area (Å²) in [7, 11) is 1.92. The zero-order valence-electron chi connectivity index (χ0n) is 14.4. The molecule has 25 heavy (non-hydrogen) atoms. The van der Waals surface area contributed by atoms with Crippen LogP contribution in [0.3, 0.4) is 0 Å². The molecule has 2 aromatic rings. The van der Waals surface area contributed by atoms with E-state index in [9.17, 15) is 9.18 Å². The summed E-state index contributed by atoms with van der Waals surface area (Å²) in [5, 5.41) is 4.51. The molecule has 1 aliphatic carbocycles. The van der Waals surface area contributed by atoms with Crippen molar-refractivity contribution in [3.05, 3.63) is 52.6 Å². The Morgan fingerprint density at radius 1 is 1.24 bits per heavy atom. The number of halogens is 1. The van der Waals surface area contributed by atoms with E-state index in [0.29, 0.717) is 25.4 Å². The molecule has 1 aliphatic heterocycles. The predicted molar refractivity (Wildman–Crippen MR) is 90.8 cm³/mol. The number of carbonyl (C=O) groups excluding carboxylic acids is 1. The normalized spacial score (nSPS) is 20.4. The van der Waals surface area contributed by atoms with E-state index in [-0.39, 0.29) is 17.8 Å². The Balaban J connectivity index is 1.55. The number of amides is 1. The van der Waals surface area contributed by atoms with Crippen molar-refractivity contribution in [3.63, 3.8) is 0 Å². The van der Waals surface area contributed by atoms with E-state index < -0.39 is 0 Å². The van der Waals surface area contributed by atoms with Crippen molar-refractivity contribution in [2.75, 3.05) is 19.7 Å². The van der Waals surface area contributed by atoms with Crippen LogP contribution in [0.15, 0.2) is 24.3 Å². The third-order valence-corrected chi connectivity index (χ3v) is 5.16. The molecule has 132 valence electrons. The molecule has 1 aromatic carbocycles. The number of nitrogens with zero attached hydrogens (tertiary/aromatic N) is 3. The molecule has 0 radical (unpaired) electrons. The largest absolute Gasteiger partial charge is 0.370 e. The molecule has 0 N–H and O–H groups in total. The molecule has 0 bridgehead atoms. The lowest BCUT2D eigenvalue weighted by Crippen LogP contribution is -2.42. The summed E-state index contributed by atoms with van der Waals surface area (Å²) in [6.45, 7) is 1.50. The van der Waals surface area contributed by atoms with E-state index in [1.807, 2.05) is 16.6 Å². The van der Waals surface area contributed by atoms with Gasteiger partial charge in [0, 0.05) is 24.8 Å². The number of morpholine rings is 1. The molecular weight excluding hydrogens is 321 g/mol. The van der Waals surface area contributed by atoms with Gasteiger partial charge in [-0.2, -0.15) is 5.10 Å². The third-order valence-electron chi connectivity index (χ3n) is 5.16. The van der Waals surface area contributed by atoms with E-state index in [2.05, 4.69) is 5.10 Å². The second-order valence-electron chi connectivity index (χ2n) is 6.77. The highest BCUT2D eigenvalue weighted by Crippen LogP contribution is 2.27. The molecule has 1 saturated heterocycles. The van der Waals surface area contributed by atoms with Gasteiger partial charge in [0.25, 0.3) is 5.91 Å². The maximum atomic E-state index is 13.1. The molecular formula is C19H22FN3O2. The van der Waals surface area contributed by atoms with Crippen LogP contribution in [0.5, 0.6) is 0 Å². The molecule has 5 nitrogen and oxygen atoms in total. The zero-order chi connectivity index (χ0) is 17.4. The lowest BCUT2D eigenvalue weighted by Gasteiger charge is -2.33. The Bertz CT molecular complexity index is 785. The number of ether oxygens (including phenoxy) is 1. The average molecular weight is 343 g/mol. The van der Waals surface area contributed by atoms with Crippen molar-refractivity contribution in [1.82, 2.24) is 14.7 Å². The van der Waals surface area contributed by atoms with Crippen LogP contribution in [-0.4, -0.2) is 40.3 Å². The smallest absolute Gasteiger partial charge is 0.274 e. The van der Waals surface area contributed by atoms with E-state index in [0.717, 1.165) is 36.8 Å². The van der Waals surface area contributed by atoms with Crippen LogP contribution in [-0.2, 0) is 24.6 Å². The summed E-state index contributed by atoms with van der Waals surface area (Å²) in [6.07, 6.45) is 3.96. The van der Waals surface area contributed by atoms with Gasteiger partial charge in [-0.25, -0.2) is 4.39 Å². The second kappa shape index (κ2) is 6.59. The van der Waals surface area contributed by atoms with Crippen molar-refractivity contribution in [3.8, 4) is 0 Å². The van der Waals surface area contributed by atoms with Crippen LogP contribution in [0.1, 0.15) is 46.3 Å². The summed E-state index contributed by atoms with van der Waals surface area (Å²) < 4.78 is 20.8. The molecule has 0 spiro atoms. The average Bonchev–Trinajstić information content (AvgIpc) is 2.99. The second-order valence-corrected chi connectivity index (χ2v) is 6.77. The topological polar surface area (TPSA) is 47.4 Å². The molecule has 1 amide bonds. The molecule has 2 aliphatic rings. The third kappa shape index (κ3) is 3.06. The molecule has 4 rings (SSSR count). The van der Waals surface area contributed by atoms with Gasteiger partial charge < -0.3 is 9.64 Å². The summed E-state index contributed by atoms with van der Waals surface area (Å²) in [6, 6.07) is 6.29. The van der Waals surface area contributed by atoms with Crippen LogP contribution in [0.25, 0.3) is 0 Å². The Labute approximate surface area is 146 Å². The highest BCUT2D eigenvalue weighted by Gasteiger charge is 2.31. The van der Waals surface area contributed by atoms with Gasteiger partial charge in [0.15, 0.2) is 5.69 Å². The van der Waals surface area contributed by atoms with Crippen molar-refractivity contribution in [2.45, 2.75) is 31.8 Å². The van der Waals surface area contributed by atoms with Crippen molar-refractivity contribution < 1.29 is 13.9 Å². The number of aryl methyl sites for hydroxylation is 1. The first-order valence-electron chi connectivity index (χ1n) is 8.84. The van der Waals surface area contributed by atoms with E-state index in [1.54, 1.807) is 12.1 Å². The Morgan fingerprint density at radius 2 is 2.00 bits per heavy atom. The van der Waals surface area contributed by atoms with Crippen molar-refractivity contribution in [1.29, 1.82) is 0 Å². The number of aromatic nitrogens is 2. The van der Waals surface area contributed by atoms with Gasteiger partial charge in [0.1, 0.15) is 11.9 Å². The van der Waals surface area contributed by atoms with Crippen LogP contribution in [0.2, 0.25) is 0 Å². The maximum absolute atomic E-state index is 13.1. The molecule has 1 atom stereocenters. The fourth-order valence-electron chi connectivity index (χ4n) is 3.81. The lowest BCUT2D eigenvalue weighted by atomic mass is 9.95.